The molecular weight excluding hydrogens is 676 g/mol. The average molecular weight is 716 g/mol. The first-order valence-corrected chi connectivity index (χ1v) is 17.1. The number of hydrogen-bond donors (Lipinski definition) is 1. The number of quaternary nitrogens is 1. The number of nitrogens with zero attached hydrogens (tertiary/aromatic N) is 3. The summed E-state index contributed by atoms with van der Waals surface area (Å²) in [7, 11) is 3.11. The molecule has 0 aliphatic carbocycles. The van der Waals surface area contributed by atoms with Crippen LogP contribution in [0.5, 0.6) is 5.75 Å². The topological polar surface area (TPSA) is 73.2 Å². The third-order valence-electron chi connectivity index (χ3n) is 7.47. The molecule has 3 aromatic carbocycles. The van der Waals surface area contributed by atoms with Crippen LogP contribution in [0.1, 0.15) is 44.5 Å². The first-order chi connectivity index (χ1) is 21.4. The monoisotopic (exact) mass is 715 g/mol. The molecule has 0 spiro atoms. The van der Waals surface area contributed by atoms with Crippen molar-refractivity contribution in [2.75, 3.05) is 41.3 Å². The van der Waals surface area contributed by atoms with Crippen LogP contribution in [0, 0.1) is 23.3 Å². The van der Waals surface area contributed by atoms with E-state index in [-0.39, 0.29) is 36.1 Å². The van der Waals surface area contributed by atoms with Gasteiger partial charge >= 0.3 is 0 Å². The van der Waals surface area contributed by atoms with Gasteiger partial charge in [0, 0.05) is 35.8 Å². The van der Waals surface area contributed by atoms with Gasteiger partial charge in [-0.3, -0.25) is 4.57 Å². The number of benzene rings is 3. The largest absolute Gasteiger partial charge is 0.494 e. The molecule has 4 aromatic rings. The van der Waals surface area contributed by atoms with Crippen molar-refractivity contribution in [2.45, 2.75) is 48.9 Å². The molecule has 0 aliphatic rings. The van der Waals surface area contributed by atoms with Crippen molar-refractivity contribution in [1.82, 2.24) is 14.3 Å². The Kier molecular flexibility index (Phi) is 12.2. The smallest absolute Gasteiger partial charge is 0.240 e. The zero-order chi connectivity index (χ0) is 34.0. The van der Waals surface area contributed by atoms with Gasteiger partial charge in [-0.25, -0.2) is 35.7 Å². The summed E-state index contributed by atoms with van der Waals surface area (Å²) in [5.41, 5.74) is 0.534. The van der Waals surface area contributed by atoms with E-state index in [2.05, 4.69) is 9.71 Å². The Bertz CT molecular complexity index is 1820. The Hall–Kier alpha value is -3.10. The second-order valence-electron chi connectivity index (χ2n) is 12.3. The Balaban J connectivity index is 0.00000600. The predicted molar refractivity (Wildman–Crippen MR) is 179 cm³/mol. The number of hydrogen-bond acceptors (Lipinski definition) is 5. The molecule has 0 atom stereocenters. The molecule has 0 aliphatic heterocycles. The van der Waals surface area contributed by atoms with Crippen molar-refractivity contribution >= 4 is 33.4 Å². The molecular formula is C33H40ClF4N4O3S2+. The summed E-state index contributed by atoms with van der Waals surface area (Å²) in [6.07, 6.45) is 2.12. The van der Waals surface area contributed by atoms with Gasteiger partial charge in [0.25, 0.3) is 0 Å². The molecule has 4 rings (SSSR count). The quantitative estimate of drug-likeness (QED) is 0.0665. The van der Waals surface area contributed by atoms with E-state index in [0.717, 1.165) is 23.9 Å². The minimum Gasteiger partial charge on any atom is -0.494 e. The van der Waals surface area contributed by atoms with E-state index in [0.29, 0.717) is 39.5 Å². The molecule has 1 heterocycles. The number of imidazole rings is 1. The Morgan fingerprint density at radius 1 is 0.979 bits per heavy atom. The molecule has 0 amide bonds. The lowest BCUT2D eigenvalue weighted by Gasteiger charge is -2.28. The van der Waals surface area contributed by atoms with Gasteiger partial charge in [0.15, 0.2) is 16.7 Å². The van der Waals surface area contributed by atoms with Crippen molar-refractivity contribution in [3.05, 3.63) is 99.8 Å². The summed E-state index contributed by atoms with van der Waals surface area (Å²) >= 11 is 7.08. The van der Waals surface area contributed by atoms with E-state index >= 15 is 8.78 Å². The van der Waals surface area contributed by atoms with Gasteiger partial charge in [-0.05, 0) is 42.0 Å². The maximum Gasteiger partial charge on any atom is 0.240 e. The molecule has 0 saturated heterocycles. The molecule has 1 aromatic heterocycles. The SMILES string of the molecule is C.COc1cc(-n2c(C(C)(C)c3ccc(F)c(Cl)c3)cnc2SCc2c(F)cc(S(=O)(=O)NCCC[N+](C)(C)C)cc2F)ccc1F. The molecule has 256 valence electrons. The van der Waals surface area contributed by atoms with Crippen LogP contribution in [0.2, 0.25) is 5.02 Å². The lowest BCUT2D eigenvalue weighted by molar-refractivity contribution is -0.870. The summed E-state index contributed by atoms with van der Waals surface area (Å²) in [6.45, 7) is 4.57. The Morgan fingerprint density at radius 3 is 2.21 bits per heavy atom. The molecule has 0 unspecified atom stereocenters. The normalized spacial score (nSPS) is 12.2. The molecule has 0 fully saturated rings. The molecule has 0 bridgehead atoms. The number of sulfonamides is 1. The average Bonchev–Trinajstić information content (AvgIpc) is 3.41. The zero-order valence-electron chi connectivity index (χ0n) is 26.3. The lowest BCUT2D eigenvalue weighted by atomic mass is 9.81. The van der Waals surface area contributed by atoms with Crippen molar-refractivity contribution in [1.29, 1.82) is 0 Å². The second-order valence-corrected chi connectivity index (χ2v) is 15.4. The minimum absolute atomic E-state index is 0. The van der Waals surface area contributed by atoms with Crippen LogP contribution in [-0.2, 0) is 21.2 Å². The minimum atomic E-state index is -4.14. The molecule has 0 radical (unpaired) electrons. The fraction of sp³-hybridized carbons (Fsp3) is 0.364. The molecule has 14 heteroatoms. The van der Waals surface area contributed by atoms with Crippen molar-refractivity contribution in [2.24, 2.45) is 0 Å². The highest BCUT2D eigenvalue weighted by Gasteiger charge is 2.31. The van der Waals surface area contributed by atoms with Gasteiger partial charge in [-0.1, -0.05) is 50.7 Å². The van der Waals surface area contributed by atoms with E-state index in [4.69, 9.17) is 16.3 Å². The first-order valence-electron chi connectivity index (χ1n) is 14.2. The number of aromatic nitrogens is 2. The third-order valence-corrected chi connectivity index (χ3v) is 10.2. The van der Waals surface area contributed by atoms with Crippen LogP contribution in [0.15, 0.2) is 64.8 Å². The van der Waals surface area contributed by atoms with Crippen LogP contribution in [0.4, 0.5) is 17.6 Å². The maximum atomic E-state index is 15.3. The first kappa shape index (κ1) is 38.3. The van der Waals surface area contributed by atoms with Crippen LogP contribution >= 0.6 is 23.4 Å². The van der Waals surface area contributed by atoms with E-state index in [9.17, 15) is 17.2 Å². The van der Waals surface area contributed by atoms with Gasteiger partial charge in [0.05, 0.1) is 62.3 Å². The highest BCUT2D eigenvalue weighted by molar-refractivity contribution is 7.98. The number of nitrogens with one attached hydrogen (secondary N) is 1. The van der Waals surface area contributed by atoms with Crippen molar-refractivity contribution in [3.8, 4) is 11.4 Å². The number of thioether (sulfide) groups is 1. The second kappa shape index (κ2) is 15.0. The number of halogens is 5. The molecule has 7 nitrogen and oxygen atoms in total. The van der Waals surface area contributed by atoms with E-state index < -0.39 is 43.6 Å². The summed E-state index contributed by atoms with van der Waals surface area (Å²) in [5.74, 6) is -3.49. The number of methoxy groups -OCH3 is 1. The van der Waals surface area contributed by atoms with Crippen LogP contribution in [0.3, 0.4) is 0 Å². The number of ether oxygens (including phenoxy) is 1. The van der Waals surface area contributed by atoms with E-state index in [1.807, 2.05) is 35.0 Å². The predicted octanol–water partition coefficient (Wildman–Crippen LogP) is 7.72. The van der Waals surface area contributed by atoms with E-state index in [1.165, 1.54) is 37.4 Å². The Morgan fingerprint density at radius 2 is 1.62 bits per heavy atom. The third kappa shape index (κ3) is 8.88. The maximum absolute atomic E-state index is 15.3. The fourth-order valence-corrected chi connectivity index (χ4v) is 7.09. The Labute approximate surface area is 283 Å². The van der Waals surface area contributed by atoms with Crippen LogP contribution in [-0.4, -0.2) is 63.8 Å². The zero-order valence-corrected chi connectivity index (χ0v) is 28.7. The summed E-state index contributed by atoms with van der Waals surface area (Å²) < 4.78 is 94.3. The summed E-state index contributed by atoms with van der Waals surface area (Å²) in [6, 6.07) is 10.1. The summed E-state index contributed by atoms with van der Waals surface area (Å²) in [5, 5.41) is 0.241. The van der Waals surface area contributed by atoms with Crippen LogP contribution in [0.25, 0.3) is 5.69 Å². The standard InChI is InChI=1S/C32H36ClF4N4O3S2.CH4/c1-32(2,20-8-10-25(34)24(33)14-20)30-18-38-31(40(30)21-9-11-26(35)29(15-21)44-6)45-19-23-27(36)16-22(17-28(23)37)46(42,43)39-12-7-13-41(3,4)5;/h8-11,14-18,39H,7,12-13,19H2,1-6H3;1H4/q+1;. The van der Waals surface area contributed by atoms with Gasteiger partial charge in [-0.15, -0.1) is 0 Å². The van der Waals surface area contributed by atoms with Gasteiger partial charge in [0.2, 0.25) is 10.0 Å². The molecule has 47 heavy (non-hydrogen) atoms. The molecule has 1 N–H and O–H groups in total. The summed E-state index contributed by atoms with van der Waals surface area (Å²) in [4.78, 5) is 4.01. The lowest BCUT2D eigenvalue weighted by Crippen LogP contribution is -2.37. The fourth-order valence-electron chi connectivity index (χ4n) is 4.80. The molecule has 0 saturated carbocycles. The highest BCUT2D eigenvalue weighted by Crippen LogP contribution is 2.39. The van der Waals surface area contributed by atoms with Gasteiger partial charge in [-0.2, -0.15) is 0 Å². The van der Waals surface area contributed by atoms with Crippen molar-refractivity contribution < 1.29 is 35.2 Å². The number of rotatable bonds is 13. The van der Waals surface area contributed by atoms with Crippen LogP contribution < -0.4 is 9.46 Å². The van der Waals surface area contributed by atoms with E-state index in [1.54, 1.807) is 16.8 Å². The highest BCUT2D eigenvalue weighted by atomic mass is 35.5. The van der Waals surface area contributed by atoms with Gasteiger partial charge in [0.1, 0.15) is 17.5 Å². The van der Waals surface area contributed by atoms with Gasteiger partial charge < -0.3 is 9.22 Å². The van der Waals surface area contributed by atoms with Crippen molar-refractivity contribution in [3.63, 3.8) is 0 Å².